The molecule has 0 atom stereocenters. The Morgan fingerprint density at radius 3 is 2.75 bits per heavy atom. The van der Waals surface area contributed by atoms with Crippen LogP contribution >= 0.6 is 15.9 Å². The van der Waals surface area contributed by atoms with Crippen LogP contribution in [0.1, 0.15) is 5.56 Å². The van der Waals surface area contributed by atoms with Crippen molar-refractivity contribution in [2.24, 2.45) is 5.90 Å². The number of hydrogen-bond donors (Lipinski definition) is 1. The average molecular weight is 237 g/mol. The van der Waals surface area contributed by atoms with Crippen LogP contribution in [0.5, 0.6) is 0 Å². The fourth-order valence-electron chi connectivity index (χ4n) is 0.631. The summed E-state index contributed by atoms with van der Waals surface area (Å²) in [5, 5.41) is 0. The van der Waals surface area contributed by atoms with Gasteiger partial charge in [-0.25, -0.2) is 5.90 Å². The maximum Gasteiger partial charge on any atom is 0.0945 e. The predicted octanol–water partition coefficient (Wildman–Crippen LogP) is 1.82. The lowest BCUT2D eigenvalue weighted by Crippen LogP contribution is -1.98. The van der Waals surface area contributed by atoms with E-state index in [1.807, 2.05) is 6.07 Å². The number of aromatic nitrogens is 1. The minimum absolute atomic E-state index is 0.395. The first-order chi connectivity index (χ1) is 5.83. The van der Waals surface area contributed by atoms with Crippen LogP contribution in [0.2, 0.25) is 0 Å². The summed E-state index contributed by atoms with van der Waals surface area (Å²) < 4.78 is 10.4. The molecule has 1 heterocycles. The summed E-state index contributed by atoms with van der Waals surface area (Å²) in [5.74, 6) is 4.87. The second-order valence-electron chi connectivity index (χ2n) is 1.82. The lowest BCUT2D eigenvalue weighted by atomic mass is 10.3. The molecule has 0 aliphatic heterocycles. The number of alkyl halides is 1. The highest BCUT2D eigenvalue weighted by molar-refractivity contribution is 9.10. The fraction of sp³-hybridized carbons (Fsp3) is 0.286. The van der Waals surface area contributed by atoms with E-state index in [0.717, 1.165) is 10.0 Å². The van der Waals surface area contributed by atoms with Gasteiger partial charge in [0.2, 0.25) is 0 Å². The van der Waals surface area contributed by atoms with Crippen molar-refractivity contribution in [2.45, 2.75) is 6.61 Å². The maximum absolute atomic E-state index is 9.50. The molecule has 12 heavy (non-hydrogen) atoms. The summed E-state index contributed by atoms with van der Waals surface area (Å²) >= 11 is 3.27. The number of rotatable bonds is 2. The third kappa shape index (κ3) is 4.38. The topological polar surface area (TPSA) is 48.1 Å². The van der Waals surface area contributed by atoms with E-state index in [9.17, 15) is 4.39 Å². The molecule has 68 valence electrons. The Kier molecular flexibility index (Phi) is 6.84. The van der Waals surface area contributed by atoms with E-state index in [0.29, 0.717) is 13.8 Å². The number of halogens is 2. The summed E-state index contributed by atoms with van der Waals surface area (Å²) in [6.07, 6.45) is 3.41. The first-order valence-electron chi connectivity index (χ1n) is 3.12. The van der Waals surface area contributed by atoms with Crippen LogP contribution in [0, 0.1) is 0 Å². The van der Waals surface area contributed by atoms with E-state index in [1.54, 1.807) is 12.4 Å². The smallest absolute Gasteiger partial charge is 0.0945 e. The first-order valence-corrected chi connectivity index (χ1v) is 3.91. The van der Waals surface area contributed by atoms with Crippen LogP contribution in [0.4, 0.5) is 4.39 Å². The van der Waals surface area contributed by atoms with Crippen LogP contribution in [0.25, 0.3) is 0 Å². The lowest BCUT2D eigenvalue weighted by molar-refractivity contribution is 0.124. The highest BCUT2D eigenvalue weighted by atomic mass is 79.9. The van der Waals surface area contributed by atoms with Crippen LogP contribution < -0.4 is 5.90 Å². The zero-order valence-corrected chi connectivity index (χ0v) is 8.21. The Morgan fingerprint density at radius 1 is 1.58 bits per heavy atom. The maximum atomic E-state index is 9.50. The minimum atomic E-state index is 0.395. The quantitative estimate of drug-likeness (QED) is 0.798. The van der Waals surface area contributed by atoms with E-state index >= 15 is 0 Å². The summed E-state index contributed by atoms with van der Waals surface area (Å²) in [6, 6.07) is 1.90. The molecule has 0 saturated heterocycles. The van der Waals surface area contributed by atoms with Crippen molar-refractivity contribution in [3.63, 3.8) is 0 Å². The van der Waals surface area contributed by atoms with Crippen molar-refractivity contribution >= 4 is 15.9 Å². The Bertz CT molecular complexity index is 222. The van der Waals surface area contributed by atoms with Gasteiger partial charge in [-0.15, -0.1) is 0 Å². The number of hydrogen-bond acceptors (Lipinski definition) is 3. The van der Waals surface area contributed by atoms with Crippen molar-refractivity contribution < 1.29 is 9.23 Å². The molecule has 0 aliphatic carbocycles. The molecule has 2 N–H and O–H groups in total. The Morgan fingerprint density at radius 2 is 2.25 bits per heavy atom. The van der Waals surface area contributed by atoms with E-state index in [4.69, 9.17) is 5.90 Å². The number of pyridine rings is 1. The van der Waals surface area contributed by atoms with Gasteiger partial charge in [-0.05, 0) is 27.6 Å². The molecular weight excluding hydrogens is 227 g/mol. The molecule has 0 aromatic carbocycles. The molecule has 0 aliphatic rings. The van der Waals surface area contributed by atoms with E-state index in [1.165, 1.54) is 0 Å². The van der Waals surface area contributed by atoms with Crippen molar-refractivity contribution in [3.8, 4) is 0 Å². The Hall–Kier alpha value is -0.520. The highest BCUT2D eigenvalue weighted by Gasteiger charge is 1.91. The second-order valence-corrected chi connectivity index (χ2v) is 2.74. The van der Waals surface area contributed by atoms with E-state index in [-0.39, 0.29) is 0 Å². The van der Waals surface area contributed by atoms with Crippen molar-refractivity contribution in [3.05, 3.63) is 28.5 Å². The predicted molar refractivity (Wildman–Crippen MR) is 47.9 cm³/mol. The highest BCUT2D eigenvalue weighted by Crippen LogP contribution is 2.09. The van der Waals surface area contributed by atoms with Crippen molar-refractivity contribution in [1.29, 1.82) is 0 Å². The Balaban J connectivity index is 0.000000561. The molecule has 1 aromatic heterocycles. The van der Waals surface area contributed by atoms with Gasteiger partial charge in [0.25, 0.3) is 0 Å². The van der Waals surface area contributed by atoms with Gasteiger partial charge in [-0.2, -0.15) is 0 Å². The van der Waals surface area contributed by atoms with Gasteiger partial charge >= 0.3 is 0 Å². The molecule has 0 saturated carbocycles. The molecular formula is C7H10BrFN2O. The molecule has 0 bridgehead atoms. The monoisotopic (exact) mass is 236 g/mol. The van der Waals surface area contributed by atoms with Crippen LogP contribution in [0.3, 0.4) is 0 Å². The standard InChI is InChI=1S/C6H7BrN2O.CH3F/c7-6-1-5(4-10-8)2-9-3-6;1-2/h1-3H,4,8H2;1H3. The van der Waals surface area contributed by atoms with Gasteiger partial charge in [0.1, 0.15) is 0 Å². The molecule has 0 spiro atoms. The molecule has 0 unspecified atom stereocenters. The third-order valence-corrected chi connectivity index (χ3v) is 1.45. The molecule has 5 heteroatoms. The van der Waals surface area contributed by atoms with Gasteiger partial charge in [-0.1, -0.05) is 0 Å². The van der Waals surface area contributed by atoms with Gasteiger partial charge in [0, 0.05) is 16.9 Å². The van der Waals surface area contributed by atoms with Crippen molar-refractivity contribution in [1.82, 2.24) is 4.98 Å². The summed E-state index contributed by atoms with van der Waals surface area (Å²) in [5.41, 5.74) is 0.955. The van der Waals surface area contributed by atoms with Crippen molar-refractivity contribution in [2.75, 3.05) is 7.18 Å². The van der Waals surface area contributed by atoms with Gasteiger partial charge in [0.05, 0.1) is 13.8 Å². The van der Waals surface area contributed by atoms with Crippen LogP contribution in [-0.2, 0) is 11.4 Å². The largest absolute Gasteiger partial charge is 0.300 e. The summed E-state index contributed by atoms with van der Waals surface area (Å²) in [4.78, 5) is 8.34. The van der Waals surface area contributed by atoms with E-state index in [2.05, 4.69) is 25.8 Å². The zero-order valence-electron chi connectivity index (χ0n) is 6.63. The lowest BCUT2D eigenvalue weighted by Gasteiger charge is -1.96. The van der Waals surface area contributed by atoms with Crippen LogP contribution in [0.15, 0.2) is 22.9 Å². The molecule has 3 nitrogen and oxygen atoms in total. The SMILES string of the molecule is CF.NOCc1cncc(Br)c1. The van der Waals surface area contributed by atoms with Gasteiger partial charge in [-0.3, -0.25) is 14.2 Å². The second kappa shape index (κ2) is 7.15. The average Bonchev–Trinajstić information content (AvgIpc) is 2.09. The molecule has 0 amide bonds. The molecule has 0 radical (unpaired) electrons. The van der Waals surface area contributed by atoms with Gasteiger partial charge in [0.15, 0.2) is 0 Å². The zero-order chi connectivity index (χ0) is 9.40. The minimum Gasteiger partial charge on any atom is -0.300 e. The fourth-order valence-corrected chi connectivity index (χ4v) is 1.04. The molecule has 0 fully saturated rings. The third-order valence-electron chi connectivity index (χ3n) is 1.01. The molecule has 1 rings (SSSR count). The summed E-state index contributed by atoms with van der Waals surface area (Å²) in [6.45, 7) is 0.395. The number of nitrogens with zero attached hydrogens (tertiary/aromatic N) is 1. The normalized spacial score (nSPS) is 8.67. The van der Waals surface area contributed by atoms with E-state index < -0.39 is 0 Å². The summed E-state index contributed by atoms with van der Waals surface area (Å²) in [7, 11) is 0.500. The molecule has 1 aromatic rings. The van der Waals surface area contributed by atoms with Crippen LogP contribution in [-0.4, -0.2) is 12.2 Å². The first kappa shape index (κ1) is 11.5. The van der Waals surface area contributed by atoms with Gasteiger partial charge < -0.3 is 0 Å². The number of nitrogens with two attached hydrogens (primary N) is 1. The Labute approximate surface area is 78.8 Å².